The second kappa shape index (κ2) is 5.16. The van der Waals surface area contributed by atoms with Crippen LogP contribution in [0, 0.1) is 0 Å². The summed E-state index contributed by atoms with van der Waals surface area (Å²) < 4.78 is 58.6. The van der Waals surface area contributed by atoms with Gasteiger partial charge in [-0.3, -0.25) is 0 Å². The molecule has 0 spiro atoms. The molecule has 0 unspecified atom stereocenters. The maximum absolute atomic E-state index is 12.5. The zero-order chi connectivity index (χ0) is 12.2. The molecule has 0 fully saturated rings. The lowest BCUT2D eigenvalue weighted by atomic mass is 10.2. The van der Waals surface area contributed by atoms with Gasteiger partial charge in [-0.1, -0.05) is 30.3 Å². The molecule has 0 aliphatic heterocycles. The number of allylic oxidation sites excluding steroid dienone is 1. The first-order valence-corrected chi connectivity index (χ1v) is 6.04. The third-order valence-electron chi connectivity index (χ3n) is 1.71. The molecule has 88 valence electrons. The van der Waals surface area contributed by atoms with Crippen LogP contribution in [0.15, 0.2) is 41.6 Å². The van der Waals surface area contributed by atoms with Gasteiger partial charge in [0.05, 0.1) is 11.2 Å². The largest absolute Gasteiger partial charge is 0.290 e. The van der Waals surface area contributed by atoms with Crippen molar-refractivity contribution in [1.29, 1.82) is 0 Å². The van der Waals surface area contributed by atoms with Crippen LogP contribution in [0.4, 0.5) is 13.2 Å². The summed E-state index contributed by atoms with van der Waals surface area (Å²) in [7, 11) is -4.00. The normalized spacial score (nSPS) is 13.1. The molecule has 0 aromatic heterocycles. The predicted molar refractivity (Wildman–Crippen MR) is 54.3 cm³/mol. The molecule has 1 aromatic carbocycles. The summed E-state index contributed by atoms with van der Waals surface area (Å²) in [6.45, 7) is 0. The molecule has 2 nitrogen and oxygen atoms in total. The van der Waals surface area contributed by atoms with Crippen molar-refractivity contribution in [3.8, 4) is 0 Å². The van der Waals surface area contributed by atoms with E-state index < -0.39 is 27.8 Å². The summed E-state index contributed by atoms with van der Waals surface area (Å²) in [5.41, 5.74) is 0.417. The van der Waals surface area contributed by atoms with Gasteiger partial charge < -0.3 is 0 Å². The van der Waals surface area contributed by atoms with Gasteiger partial charge in [0.15, 0.2) is 15.7 Å². The average Bonchev–Trinajstić information content (AvgIpc) is 2.17. The summed E-state index contributed by atoms with van der Waals surface area (Å²) in [6, 6.07) is 7.94. The maximum Gasteiger partial charge on any atom is 0.290 e. The Morgan fingerprint density at radius 2 is 1.81 bits per heavy atom. The third kappa shape index (κ3) is 4.06. The van der Waals surface area contributed by atoms with Crippen LogP contribution < -0.4 is 0 Å². The van der Waals surface area contributed by atoms with E-state index >= 15 is 0 Å². The zero-order valence-corrected chi connectivity index (χ0v) is 8.92. The molecule has 0 aliphatic rings. The van der Waals surface area contributed by atoms with Crippen LogP contribution in [0.2, 0.25) is 0 Å². The van der Waals surface area contributed by atoms with Crippen molar-refractivity contribution >= 4 is 9.84 Å². The lowest BCUT2D eigenvalue weighted by molar-refractivity contribution is 0.159. The topological polar surface area (TPSA) is 34.1 Å². The van der Waals surface area contributed by atoms with E-state index in [-0.39, 0.29) is 5.41 Å². The molecule has 0 saturated heterocycles. The van der Waals surface area contributed by atoms with Gasteiger partial charge in [0.1, 0.15) is 0 Å². The SMILES string of the molecule is O=S(=O)(C=C(F)C(F)F)Cc1ccccc1. The molecule has 0 aliphatic carbocycles. The Hall–Kier alpha value is -1.30. The summed E-state index contributed by atoms with van der Waals surface area (Å²) in [4.78, 5) is 0. The second-order valence-electron chi connectivity index (χ2n) is 3.10. The summed E-state index contributed by atoms with van der Waals surface area (Å²) in [5, 5.41) is -0.0231. The highest BCUT2D eigenvalue weighted by molar-refractivity contribution is 7.93. The van der Waals surface area contributed by atoms with Crippen LogP contribution >= 0.6 is 0 Å². The molecule has 0 radical (unpaired) electrons. The van der Waals surface area contributed by atoms with Crippen molar-refractivity contribution < 1.29 is 21.6 Å². The number of alkyl halides is 2. The fourth-order valence-electron chi connectivity index (χ4n) is 1.07. The average molecular weight is 250 g/mol. The molecular formula is C10H9F3O2S. The lowest BCUT2D eigenvalue weighted by Gasteiger charge is -2.00. The third-order valence-corrected chi connectivity index (χ3v) is 3.03. The molecule has 0 atom stereocenters. The Morgan fingerprint density at radius 1 is 1.25 bits per heavy atom. The number of hydrogen-bond acceptors (Lipinski definition) is 2. The van der Waals surface area contributed by atoms with E-state index in [2.05, 4.69) is 0 Å². The minimum absolute atomic E-state index is 0.0231. The molecule has 1 rings (SSSR count). The van der Waals surface area contributed by atoms with Crippen LogP contribution in [0.1, 0.15) is 5.56 Å². The Morgan fingerprint density at radius 3 is 2.31 bits per heavy atom. The standard InChI is InChI=1S/C10H9F3O2S/c11-9(10(12)13)7-16(14,15)6-8-4-2-1-3-5-8/h1-5,7,10H,6H2. The molecule has 16 heavy (non-hydrogen) atoms. The van der Waals surface area contributed by atoms with E-state index in [1.807, 2.05) is 0 Å². The molecule has 1 aromatic rings. The molecular weight excluding hydrogens is 241 g/mol. The fraction of sp³-hybridized carbons (Fsp3) is 0.200. The zero-order valence-electron chi connectivity index (χ0n) is 8.11. The van der Waals surface area contributed by atoms with Crippen molar-refractivity contribution in [2.75, 3.05) is 0 Å². The number of benzene rings is 1. The smallest absolute Gasteiger partial charge is 0.224 e. The minimum Gasteiger partial charge on any atom is -0.224 e. The van der Waals surface area contributed by atoms with Gasteiger partial charge >= 0.3 is 0 Å². The van der Waals surface area contributed by atoms with Gasteiger partial charge in [-0.05, 0) is 5.56 Å². The first kappa shape index (κ1) is 12.8. The monoisotopic (exact) mass is 250 g/mol. The van der Waals surface area contributed by atoms with Crippen molar-refractivity contribution in [3.63, 3.8) is 0 Å². The maximum atomic E-state index is 12.5. The fourth-order valence-corrected chi connectivity index (χ4v) is 2.26. The van der Waals surface area contributed by atoms with Gasteiger partial charge in [0.2, 0.25) is 0 Å². The van der Waals surface area contributed by atoms with E-state index in [9.17, 15) is 21.6 Å². The van der Waals surface area contributed by atoms with Gasteiger partial charge in [-0.15, -0.1) is 0 Å². The highest BCUT2D eigenvalue weighted by Gasteiger charge is 2.16. The molecule has 6 heteroatoms. The van der Waals surface area contributed by atoms with Crippen LogP contribution in [-0.4, -0.2) is 14.8 Å². The van der Waals surface area contributed by atoms with Gasteiger partial charge in [-0.2, -0.15) is 0 Å². The summed E-state index contributed by atoms with van der Waals surface area (Å²) in [6.07, 6.45) is -3.40. The molecule has 0 saturated carbocycles. The molecule has 0 bridgehead atoms. The first-order chi connectivity index (χ1) is 7.41. The number of sulfone groups is 1. The Bertz CT molecular complexity index is 466. The Labute approximate surface area is 91.3 Å². The predicted octanol–water partition coefficient (Wildman–Crippen LogP) is 2.68. The van der Waals surface area contributed by atoms with E-state index in [4.69, 9.17) is 0 Å². The lowest BCUT2D eigenvalue weighted by Crippen LogP contribution is -2.03. The molecule has 0 heterocycles. The van der Waals surface area contributed by atoms with E-state index in [0.717, 1.165) is 0 Å². The molecule has 0 N–H and O–H groups in total. The highest BCUT2D eigenvalue weighted by Crippen LogP contribution is 2.14. The molecule has 0 amide bonds. The highest BCUT2D eigenvalue weighted by atomic mass is 32.2. The summed E-state index contributed by atoms with van der Waals surface area (Å²) in [5.74, 6) is -2.43. The number of hydrogen-bond donors (Lipinski definition) is 0. The van der Waals surface area contributed by atoms with Gasteiger partial charge in [0.25, 0.3) is 6.43 Å². The van der Waals surface area contributed by atoms with Crippen LogP contribution in [0.5, 0.6) is 0 Å². The van der Waals surface area contributed by atoms with Crippen LogP contribution in [0.3, 0.4) is 0 Å². The first-order valence-electron chi connectivity index (χ1n) is 4.32. The second-order valence-corrected chi connectivity index (χ2v) is 4.95. The van der Waals surface area contributed by atoms with Crippen molar-refractivity contribution in [1.82, 2.24) is 0 Å². The van der Waals surface area contributed by atoms with Crippen LogP contribution in [-0.2, 0) is 15.6 Å². The van der Waals surface area contributed by atoms with Crippen LogP contribution in [0.25, 0.3) is 0 Å². The van der Waals surface area contributed by atoms with Gasteiger partial charge in [-0.25, -0.2) is 21.6 Å². The van der Waals surface area contributed by atoms with E-state index in [0.29, 0.717) is 5.56 Å². The Kier molecular flexibility index (Phi) is 4.12. The summed E-state index contributed by atoms with van der Waals surface area (Å²) >= 11 is 0. The van der Waals surface area contributed by atoms with E-state index in [1.54, 1.807) is 18.2 Å². The minimum atomic E-state index is -4.00. The van der Waals surface area contributed by atoms with E-state index in [1.165, 1.54) is 12.1 Å². The Balaban J connectivity index is 2.86. The van der Waals surface area contributed by atoms with Gasteiger partial charge in [0, 0.05) is 0 Å². The van der Waals surface area contributed by atoms with Crippen molar-refractivity contribution in [3.05, 3.63) is 47.1 Å². The quantitative estimate of drug-likeness (QED) is 0.823. The van der Waals surface area contributed by atoms with Crippen molar-refractivity contribution in [2.45, 2.75) is 12.2 Å². The number of halogens is 3. The number of rotatable bonds is 4. The van der Waals surface area contributed by atoms with Crippen molar-refractivity contribution in [2.24, 2.45) is 0 Å².